The molecule has 0 radical (unpaired) electrons. The van der Waals surface area contributed by atoms with Gasteiger partial charge in [0.05, 0.1) is 15.7 Å². The van der Waals surface area contributed by atoms with E-state index < -0.39 is 16.6 Å². The number of pyridine rings is 1. The van der Waals surface area contributed by atoms with E-state index in [-0.39, 0.29) is 10.7 Å². The first kappa shape index (κ1) is 8.13. The topological polar surface area (TPSA) is 56.0 Å². The molecule has 2 N–H and O–H groups in total. The largest absolute Gasteiger partial charge is 0.384 e. The van der Waals surface area contributed by atoms with Gasteiger partial charge in [0.2, 0.25) is 0 Å². The van der Waals surface area contributed by atoms with Gasteiger partial charge in [-0.1, -0.05) is 0 Å². The van der Waals surface area contributed by atoms with Gasteiger partial charge in [-0.2, -0.15) is 0 Å². The number of rotatable bonds is 1. The number of nitrogens with zero attached hydrogens (tertiary/aromatic N) is 1. The van der Waals surface area contributed by atoms with Crippen LogP contribution in [0.1, 0.15) is 0 Å². The molecule has 0 bridgehead atoms. The minimum Gasteiger partial charge on any atom is -0.384 e. The average molecular weight is 174 g/mol. The lowest BCUT2D eigenvalue weighted by Crippen LogP contribution is -1.97. The number of nitrogen functional groups attached to an aromatic ring is 1. The lowest BCUT2D eigenvalue weighted by Gasteiger charge is -1.97. The van der Waals surface area contributed by atoms with E-state index in [4.69, 9.17) is 5.73 Å². The third kappa shape index (κ3) is 1.74. The van der Waals surface area contributed by atoms with Crippen LogP contribution in [0.25, 0.3) is 0 Å². The molecule has 0 aliphatic carbocycles. The van der Waals surface area contributed by atoms with Gasteiger partial charge in [-0.15, -0.1) is 0 Å². The van der Waals surface area contributed by atoms with Crippen LogP contribution in [0.15, 0.2) is 17.2 Å². The van der Waals surface area contributed by atoms with E-state index in [1.807, 2.05) is 0 Å². The van der Waals surface area contributed by atoms with Gasteiger partial charge in [-0.25, -0.2) is 9.37 Å². The summed E-state index contributed by atoms with van der Waals surface area (Å²) in [6, 6.07) is 1.05. The highest BCUT2D eigenvalue weighted by Gasteiger charge is 2.05. The number of halogens is 1. The Morgan fingerprint density at radius 2 is 2.36 bits per heavy atom. The number of hydrogen-bond donors (Lipinski definition) is 1. The van der Waals surface area contributed by atoms with E-state index in [1.165, 1.54) is 12.5 Å². The van der Waals surface area contributed by atoms with Crippen LogP contribution in [-0.4, -0.2) is 15.4 Å². The first-order valence-electron chi connectivity index (χ1n) is 2.85. The molecular formula is C6H7FN2OS. The third-order valence-corrected chi connectivity index (χ3v) is 2.07. The predicted molar refractivity (Wildman–Crippen MR) is 40.9 cm³/mol. The smallest absolute Gasteiger partial charge is 0.144 e. The van der Waals surface area contributed by atoms with Crippen molar-refractivity contribution in [2.75, 3.05) is 12.0 Å². The van der Waals surface area contributed by atoms with Crippen LogP contribution in [0.4, 0.5) is 10.2 Å². The van der Waals surface area contributed by atoms with Crippen molar-refractivity contribution in [3.05, 3.63) is 18.1 Å². The molecule has 0 aliphatic heterocycles. The molecule has 0 aliphatic rings. The number of nitrogens with two attached hydrogens (primary N) is 1. The molecule has 0 spiro atoms. The second-order valence-corrected chi connectivity index (χ2v) is 3.34. The molecule has 60 valence electrons. The Morgan fingerprint density at radius 3 is 2.82 bits per heavy atom. The molecule has 0 amide bonds. The Hall–Kier alpha value is -0.970. The van der Waals surface area contributed by atoms with Crippen LogP contribution in [-0.2, 0) is 10.8 Å². The van der Waals surface area contributed by atoms with Crippen molar-refractivity contribution in [3.63, 3.8) is 0 Å². The summed E-state index contributed by atoms with van der Waals surface area (Å²) in [5, 5.41) is 0. The third-order valence-electron chi connectivity index (χ3n) is 1.15. The van der Waals surface area contributed by atoms with Gasteiger partial charge in [0, 0.05) is 18.5 Å². The van der Waals surface area contributed by atoms with Gasteiger partial charge >= 0.3 is 0 Å². The molecule has 0 saturated heterocycles. The molecule has 1 rings (SSSR count). The molecule has 5 heteroatoms. The van der Waals surface area contributed by atoms with Gasteiger partial charge in [-0.05, 0) is 0 Å². The fourth-order valence-corrected chi connectivity index (χ4v) is 1.18. The summed E-state index contributed by atoms with van der Waals surface area (Å²) in [7, 11) is -1.34. The van der Waals surface area contributed by atoms with E-state index >= 15 is 0 Å². The SMILES string of the molecule is CS(=O)c1cnc(N)cc1F. The summed E-state index contributed by atoms with van der Waals surface area (Å²) in [6.07, 6.45) is 2.57. The van der Waals surface area contributed by atoms with Crippen molar-refractivity contribution in [3.8, 4) is 0 Å². The van der Waals surface area contributed by atoms with Crippen molar-refractivity contribution in [2.24, 2.45) is 0 Å². The molecule has 1 heterocycles. The molecule has 1 aromatic heterocycles. The quantitative estimate of drug-likeness (QED) is 0.676. The van der Waals surface area contributed by atoms with Crippen molar-refractivity contribution >= 4 is 16.6 Å². The Kier molecular flexibility index (Phi) is 2.19. The summed E-state index contributed by atoms with van der Waals surface area (Å²) in [6.45, 7) is 0. The van der Waals surface area contributed by atoms with Crippen molar-refractivity contribution in [2.45, 2.75) is 4.90 Å². The molecule has 1 unspecified atom stereocenters. The normalized spacial score (nSPS) is 12.9. The summed E-state index contributed by atoms with van der Waals surface area (Å²) in [5.41, 5.74) is 5.18. The van der Waals surface area contributed by atoms with Crippen LogP contribution < -0.4 is 5.73 Å². The molecular weight excluding hydrogens is 167 g/mol. The van der Waals surface area contributed by atoms with Crippen molar-refractivity contribution in [1.29, 1.82) is 0 Å². The summed E-state index contributed by atoms with van der Waals surface area (Å²) in [5.74, 6) is -0.477. The summed E-state index contributed by atoms with van der Waals surface area (Å²) >= 11 is 0. The maximum absolute atomic E-state index is 12.8. The first-order chi connectivity index (χ1) is 5.11. The summed E-state index contributed by atoms with van der Waals surface area (Å²) in [4.78, 5) is 3.69. The highest BCUT2D eigenvalue weighted by Crippen LogP contribution is 2.11. The van der Waals surface area contributed by atoms with E-state index in [2.05, 4.69) is 4.98 Å². The molecule has 1 atom stereocenters. The highest BCUT2D eigenvalue weighted by molar-refractivity contribution is 7.84. The van der Waals surface area contributed by atoms with Crippen LogP contribution in [0.2, 0.25) is 0 Å². The van der Waals surface area contributed by atoms with Crippen LogP contribution in [0.3, 0.4) is 0 Å². The van der Waals surface area contributed by atoms with Gasteiger partial charge in [0.25, 0.3) is 0 Å². The standard InChI is InChI=1S/C6H7FN2OS/c1-11(10)5-3-9-6(8)2-4(5)7/h2-3H,1H3,(H2,8,9). The minimum absolute atomic E-state index is 0.0826. The molecule has 0 fully saturated rings. The Morgan fingerprint density at radius 1 is 1.73 bits per heavy atom. The lowest BCUT2D eigenvalue weighted by atomic mass is 10.4. The second-order valence-electron chi connectivity index (χ2n) is 1.99. The maximum atomic E-state index is 12.8. The van der Waals surface area contributed by atoms with Crippen molar-refractivity contribution in [1.82, 2.24) is 4.98 Å². The molecule has 0 aromatic carbocycles. The fraction of sp³-hybridized carbons (Fsp3) is 0.167. The van der Waals surface area contributed by atoms with E-state index in [0.717, 1.165) is 6.07 Å². The van der Waals surface area contributed by atoms with Gasteiger partial charge < -0.3 is 5.73 Å². The van der Waals surface area contributed by atoms with Crippen LogP contribution in [0.5, 0.6) is 0 Å². The van der Waals surface area contributed by atoms with Crippen molar-refractivity contribution < 1.29 is 8.60 Å². The minimum atomic E-state index is -1.34. The Balaban J connectivity index is 3.20. The zero-order valence-electron chi connectivity index (χ0n) is 5.87. The molecule has 1 aromatic rings. The average Bonchev–Trinajstić information content (AvgIpc) is 1.85. The Bertz CT molecular complexity index is 303. The second kappa shape index (κ2) is 2.96. The first-order valence-corrected chi connectivity index (χ1v) is 4.41. The maximum Gasteiger partial charge on any atom is 0.144 e. The molecule has 3 nitrogen and oxygen atoms in total. The van der Waals surface area contributed by atoms with E-state index in [1.54, 1.807) is 0 Å². The zero-order chi connectivity index (χ0) is 8.43. The lowest BCUT2D eigenvalue weighted by molar-refractivity contribution is 0.593. The van der Waals surface area contributed by atoms with Gasteiger partial charge in [0.1, 0.15) is 11.6 Å². The summed E-state index contributed by atoms with van der Waals surface area (Å²) < 4.78 is 23.6. The zero-order valence-corrected chi connectivity index (χ0v) is 6.69. The number of anilines is 1. The fourth-order valence-electron chi connectivity index (χ4n) is 0.645. The van der Waals surface area contributed by atoms with E-state index in [9.17, 15) is 8.60 Å². The van der Waals surface area contributed by atoms with Gasteiger partial charge in [-0.3, -0.25) is 4.21 Å². The molecule has 0 saturated carbocycles. The number of aromatic nitrogens is 1. The predicted octanol–water partition coefficient (Wildman–Crippen LogP) is 0.540. The van der Waals surface area contributed by atoms with Gasteiger partial charge in [0.15, 0.2) is 0 Å². The highest BCUT2D eigenvalue weighted by atomic mass is 32.2. The van der Waals surface area contributed by atoms with Crippen LogP contribution >= 0.6 is 0 Å². The number of hydrogen-bond acceptors (Lipinski definition) is 3. The monoisotopic (exact) mass is 174 g/mol. The Labute approximate surface area is 65.9 Å². The van der Waals surface area contributed by atoms with Crippen LogP contribution in [0, 0.1) is 5.82 Å². The molecule has 11 heavy (non-hydrogen) atoms. The van der Waals surface area contributed by atoms with E-state index in [0.29, 0.717) is 0 Å².